The molecular formula is C19H19FN2O4. The van der Waals surface area contributed by atoms with Crippen molar-refractivity contribution in [3.63, 3.8) is 0 Å². The number of amides is 1. The van der Waals surface area contributed by atoms with Crippen molar-refractivity contribution >= 4 is 22.5 Å². The van der Waals surface area contributed by atoms with E-state index < -0.39 is 0 Å². The standard InChI is InChI=1S/C19H19FN2O4/c1-24-16-8-13(9-17(25-2)19(16)26-3)22-18(23)6-11-10-21-15-5-4-12(20)7-14(11)15/h4-5,7-10,21H,6H2,1-3H3,(H,22,23). The summed E-state index contributed by atoms with van der Waals surface area (Å²) in [6.45, 7) is 0. The second-order valence-corrected chi connectivity index (χ2v) is 5.64. The average Bonchev–Trinajstić information content (AvgIpc) is 3.02. The number of aromatic nitrogens is 1. The summed E-state index contributed by atoms with van der Waals surface area (Å²) in [5, 5.41) is 3.48. The SMILES string of the molecule is COc1cc(NC(=O)Cc2c[nH]c3ccc(F)cc23)cc(OC)c1OC. The maximum Gasteiger partial charge on any atom is 0.228 e. The fraction of sp³-hybridized carbons (Fsp3) is 0.211. The van der Waals surface area contributed by atoms with Gasteiger partial charge >= 0.3 is 0 Å². The van der Waals surface area contributed by atoms with E-state index in [1.54, 1.807) is 24.4 Å². The molecule has 0 bridgehead atoms. The Hall–Kier alpha value is -3.22. The Kier molecular flexibility index (Phi) is 4.97. The van der Waals surface area contributed by atoms with E-state index in [0.29, 0.717) is 33.9 Å². The molecule has 1 amide bonds. The first-order valence-corrected chi connectivity index (χ1v) is 7.91. The van der Waals surface area contributed by atoms with Crippen LogP contribution in [0.5, 0.6) is 17.2 Å². The highest BCUT2D eigenvalue weighted by Gasteiger charge is 2.15. The highest BCUT2D eigenvalue weighted by molar-refractivity contribution is 5.96. The molecule has 6 nitrogen and oxygen atoms in total. The van der Waals surface area contributed by atoms with E-state index in [-0.39, 0.29) is 18.1 Å². The summed E-state index contributed by atoms with van der Waals surface area (Å²) in [5.41, 5.74) is 2.00. The fourth-order valence-electron chi connectivity index (χ4n) is 2.83. The smallest absolute Gasteiger partial charge is 0.228 e. The predicted octanol–water partition coefficient (Wildman–Crippen LogP) is 3.51. The Morgan fingerprint density at radius 3 is 2.38 bits per heavy atom. The molecule has 1 aromatic heterocycles. The fourth-order valence-corrected chi connectivity index (χ4v) is 2.83. The van der Waals surface area contributed by atoms with Crippen molar-refractivity contribution in [3.8, 4) is 17.2 Å². The highest BCUT2D eigenvalue weighted by Crippen LogP contribution is 2.40. The van der Waals surface area contributed by atoms with Crippen LogP contribution in [-0.4, -0.2) is 32.2 Å². The van der Waals surface area contributed by atoms with Gasteiger partial charge in [0.15, 0.2) is 11.5 Å². The molecule has 2 aromatic carbocycles. The summed E-state index contributed by atoms with van der Waals surface area (Å²) in [6.07, 6.45) is 1.80. The van der Waals surface area contributed by atoms with Crippen molar-refractivity contribution in [2.45, 2.75) is 6.42 Å². The lowest BCUT2D eigenvalue weighted by Gasteiger charge is -2.14. The molecular weight excluding hydrogens is 339 g/mol. The van der Waals surface area contributed by atoms with Gasteiger partial charge in [-0.3, -0.25) is 4.79 Å². The predicted molar refractivity (Wildman–Crippen MR) is 96.7 cm³/mol. The Morgan fingerprint density at radius 1 is 1.08 bits per heavy atom. The number of carbonyl (C=O) groups excluding carboxylic acids is 1. The van der Waals surface area contributed by atoms with Gasteiger partial charge in [0, 0.05) is 34.9 Å². The topological polar surface area (TPSA) is 72.6 Å². The van der Waals surface area contributed by atoms with Crippen LogP contribution in [0, 0.1) is 5.82 Å². The quantitative estimate of drug-likeness (QED) is 0.707. The van der Waals surface area contributed by atoms with Crippen LogP contribution in [0.1, 0.15) is 5.56 Å². The molecule has 26 heavy (non-hydrogen) atoms. The van der Waals surface area contributed by atoms with Gasteiger partial charge in [-0.1, -0.05) is 0 Å². The zero-order chi connectivity index (χ0) is 18.7. The zero-order valence-electron chi connectivity index (χ0n) is 14.7. The van der Waals surface area contributed by atoms with Crippen LogP contribution >= 0.6 is 0 Å². The Balaban J connectivity index is 1.82. The third kappa shape index (κ3) is 3.42. The van der Waals surface area contributed by atoms with E-state index >= 15 is 0 Å². The van der Waals surface area contributed by atoms with Crippen LogP contribution in [0.4, 0.5) is 10.1 Å². The van der Waals surface area contributed by atoms with Gasteiger partial charge in [-0.25, -0.2) is 4.39 Å². The minimum Gasteiger partial charge on any atom is -0.493 e. The lowest BCUT2D eigenvalue weighted by Crippen LogP contribution is -2.14. The largest absolute Gasteiger partial charge is 0.493 e. The van der Waals surface area contributed by atoms with E-state index in [1.165, 1.54) is 33.5 Å². The monoisotopic (exact) mass is 358 g/mol. The number of methoxy groups -OCH3 is 3. The van der Waals surface area contributed by atoms with E-state index in [2.05, 4.69) is 10.3 Å². The van der Waals surface area contributed by atoms with Crippen molar-refractivity contribution in [2.75, 3.05) is 26.6 Å². The first kappa shape index (κ1) is 17.6. The number of benzene rings is 2. The number of nitrogens with one attached hydrogen (secondary N) is 2. The Labute approximate surface area is 149 Å². The molecule has 136 valence electrons. The number of ether oxygens (including phenoxy) is 3. The van der Waals surface area contributed by atoms with Crippen molar-refractivity contribution in [1.82, 2.24) is 4.98 Å². The van der Waals surface area contributed by atoms with Crippen LogP contribution in [0.15, 0.2) is 36.5 Å². The molecule has 0 spiro atoms. The van der Waals surface area contributed by atoms with Crippen LogP contribution in [0.2, 0.25) is 0 Å². The highest BCUT2D eigenvalue weighted by atomic mass is 19.1. The van der Waals surface area contributed by atoms with Crippen molar-refractivity contribution < 1.29 is 23.4 Å². The van der Waals surface area contributed by atoms with Gasteiger partial charge in [-0.15, -0.1) is 0 Å². The van der Waals surface area contributed by atoms with E-state index in [4.69, 9.17) is 14.2 Å². The first-order valence-electron chi connectivity index (χ1n) is 7.91. The minimum atomic E-state index is -0.344. The lowest BCUT2D eigenvalue weighted by molar-refractivity contribution is -0.115. The number of aromatic amines is 1. The third-order valence-corrected chi connectivity index (χ3v) is 4.03. The molecule has 0 saturated heterocycles. The van der Waals surface area contributed by atoms with Crippen LogP contribution in [-0.2, 0) is 11.2 Å². The van der Waals surface area contributed by atoms with Gasteiger partial charge in [0.05, 0.1) is 27.8 Å². The molecule has 0 unspecified atom stereocenters. The minimum absolute atomic E-state index is 0.0973. The molecule has 0 aliphatic rings. The summed E-state index contributed by atoms with van der Waals surface area (Å²) < 4.78 is 29.3. The van der Waals surface area contributed by atoms with Gasteiger partial charge in [0.25, 0.3) is 0 Å². The van der Waals surface area contributed by atoms with Crippen LogP contribution < -0.4 is 19.5 Å². The Bertz CT molecular complexity index is 927. The van der Waals surface area contributed by atoms with Gasteiger partial charge in [0.1, 0.15) is 5.82 Å². The summed E-state index contributed by atoms with van der Waals surface area (Å²) >= 11 is 0. The summed E-state index contributed by atoms with van der Waals surface area (Å²) in [7, 11) is 4.52. The molecule has 3 rings (SSSR count). The van der Waals surface area contributed by atoms with Gasteiger partial charge < -0.3 is 24.5 Å². The van der Waals surface area contributed by atoms with Gasteiger partial charge in [0.2, 0.25) is 11.7 Å². The number of hydrogen-bond acceptors (Lipinski definition) is 4. The van der Waals surface area contributed by atoms with E-state index in [0.717, 1.165) is 5.52 Å². The molecule has 0 atom stereocenters. The normalized spacial score (nSPS) is 10.6. The first-order chi connectivity index (χ1) is 12.5. The third-order valence-electron chi connectivity index (χ3n) is 4.03. The number of fused-ring (bicyclic) bond motifs is 1. The summed E-state index contributed by atoms with van der Waals surface area (Å²) in [6, 6.07) is 7.72. The molecule has 0 fully saturated rings. The van der Waals surface area contributed by atoms with Crippen molar-refractivity contribution in [1.29, 1.82) is 0 Å². The molecule has 0 aliphatic carbocycles. The average molecular weight is 358 g/mol. The maximum atomic E-state index is 13.5. The number of carbonyl (C=O) groups is 1. The molecule has 7 heteroatoms. The molecule has 0 saturated carbocycles. The van der Waals surface area contributed by atoms with E-state index in [9.17, 15) is 9.18 Å². The molecule has 0 radical (unpaired) electrons. The lowest BCUT2D eigenvalue weighted by atomic mass is 10.1. The van der Waals surface area contributed by atoms with Gasteiger partial charge in [-0.05, 0) is 23.8 Å². The molecule has 1 heterocycles. The molecule has 2 N–H and O–H groups in total. The van der Waals surface area contributed by atoms with Crippen LogP contribution in [0.25, 0.3) is 10.9 Å². The number of rotatable bonds is 6. The summed E-state index contributed by atoms with van der Waals surface area (Å²) in [4.78, 5) is 15.5. The summed E-state index contributed by atoms with van der Waals surface area (Å²) in [5.74, 6) is 0.737. The number of H-pyrrole nitrogens is 1. The van der Waals surface area contributed by atoms with E-state index in [1.807, 2.05) is 0 Å². The molecule has 0 aliphatic heterocycles. The number of hydrogen-bond donors (Lipinski definition) is 2. The molecule has 3 aromatic rings. The van der Waals surface area contributed by atoms with Gasteiger partial charge in [-0.2, -0.15) is 0 Å². The Morgan fingerprint density at radius 2 is 1.77 bits per heavy atom. The zero-order valence-corrected chi connectivity index (χ0v) is 14.7. The van der Waals surface area contributed by atoms with Crippen LogP contribution in [0.3, 0.4) is 0 Å². The second kappa shape index (κ2) is 7.35. The van der Waals surface area contributed by atoms with Crippen molar-refractivity contribution in [3.05, 3.63) is 47.9 Å². The second-order valence-electron chi connectivity index (χ2n) is 5.64. The number of anilines is 1. The maximum absolute atomic E-state index is 13.5. The number of halogens is 1. The van der Waals surface area contributed by atoms with Crippen molar-refractivity contribution in [2.24, 2.45) is 0 Å².